The highest BCUT2D eigenvalue weighted by Crippen LogP contribution is 2.45. The van der Waals surface area contributed by atoms with Crippen molar-refractivity contribution in [3.05, 3.63) is 35.9 Å². The van der Waals surface area contributed by atoms with Crippen LogP contribution in [0.4, 0.5) is 0 Å². The van der Waals surface area contributed by atoms with Gasteiger partial charge in [-0.1, -0.05) is 43.7 Å². The molecule has 2 nitrogen and oxygen atoms in total. The van der Waals surface area contributed by atoms with Gasteiger partial charge in [0.25, 0.3) is 0 Å². The van der Waals surface area contributed by atoms with Gasteiger partial charge in [0.2, 0.25) is 0 Å². The minimum absolute atomic E-state index is 0.228. The Hall–Kier alpha value is -1.33. The predicted octanol–water partition coefficient (Wildman–Crippen LogP) is 3.39. The second-order valence-corrected chi connectivity index (χ2v) is 6.22. The summed E-state index contributed by atoms with van der Waals surface area (Å²) in [6.07, 6.45) is 5.94. The fraction of sp³-hybridized carbons (Fsp3) is 0.588. The summed E-state index contributed by atoms with van der Waals surface area (Å²) >= 11 is 0. The Morgan fingerprint density at radius 2 is 2.05 bits per heavy atom. The molecule has 2 aliphatic rings. The monoisotopic (exact) mass is 254 g/mol. The molecule has 0 amide bonds. The molecule has 0 heterocycles. The Balaban J connectivity index is 1.55. The van der Waals surface area contributed by atoms with E-state index in [2.05, 4.69) is 30.4 Å². The average Bonchev–Trinajstić information content (AvgIpc) is 3.13. The third kappa shape index (κ3) is 2.40. The maximum Gasteiger partial charge on any atom is 0.0852 e. The molecule has 2 heteroatoms. The second kappa shape index (κ2) is 4.98. The lowest BCUT2D eigenvalue weighted by Crippen LogP contribution is -2.51. The van der Waals surface area contributed by atoms with E-state index in [1.165, 1.54) is 24.8 Å². The molecule has 0 spiro atoms. The summed E-state index contributed by atoms with van der Waals surface area (Å²) in [5, 5.41) is 13.2. The van der Waals surface area contributed by atoms with Gasteiger partial charge in [0.1, 0.15) is 0 Å². The van der Waals surface area contributed by atoms with E-state index in [0.29, 0.717) is 6.04 Å². The Morgan fingerprint density at radius 1 is 1.32 bits per heavy atom. The molecule has 2 atom stereocenters. The minimum Gasteiger partial charge on any atom is -0.311 e. The van der Waals surface area contributed by atoms with Crippen LogP contribution in [0.5, 0.6) is 0 Å². The number of hydrogen-bond acceptors (Lipinski definition) is 2. The first kappa shape index (κ1) is 12.7. The van der Waals surface area contributed by atoms with Crippen molar-refractivity contribution in [2.24, 2.45) is 5.92 Å². The van der Waals surface area contributed by atoms with Crippen LogP contribution in [0.3, 0.4) is 0 Å². The molecule has 0 bridgehead atoms. The highest BCUT2D eigenvalue weighted by atomic mass is 15.0. The van der Waals surface area contributed by atoms with Crippen LogP contribution in [0.15, 0.2) is 30.3 Å². The van der Waals surface area contributed by atoms with Gasteiger partial charge in [0.05, 0.1) is 11.5 Å². The lowest BCUT2D eigenvalue weighted by molar-refractivity contribution is 0.222. The van der Waals surface area contributed by atoms with Crippen LogP contribution in [0, 0.1) is 17.2 Å². The fourth-order valence-electron chi connectivity index (χ4n) is 3.49. The van der Waals surface area contributed by atoms with Crippen LogP contribution >= 0.6 is 0 Å². The third-order valence-electron chi connectivity index (χ3n) is 4.76. The molecule has 2 saturated carbocycles. The Bertz CT molecular complexity index is 468. The van der Waals surface area contributed by atoms with Crippen LogP contribution in [-0.4, -0.2) is 12.1 Å². The first-order valence-corrected chi connectivity index (χ1v) is 7.50. The zero-order chi connectivity index (χ0) is 13.3. The maximum atomic E-state index is 9.52. The Morgan fingerprint density at radius 3 is 2.68 bits per heavy atom. The van der Waals surface area contributed by atoms with E-state index in [-0.39, 0.29) is 5.41 Å². The lowest BCUT2D eigenvalue weighted by Gasteiger charge is -2.43. The van der Waals surface area contributed by atoms with Gasteiger partial charge >= 0.3 is 0 Å². The van der Waals surface area contributed by atoms with Crippen molar-refractivity contribution < 1.29 is 0 Å². The van der Waals surface area contributed by atoms with Crippen molar-refractivity contribution in [2.75, 3.05) is 0 Å². The van der Waals surface area contributed by atoms with Gasteiger partial charge in [-0.15, -0.1) is 0 Å². The largest absolute Gasteiger partial charge is 0.311 e. The van der Waals surface area contributed by atoms with Crippen molar-refractivity contribution in [3.8, 4) is 6.07 Å². The number of nitrogens with one attached hydrogen (secondary N) is 1. The molecule has 0 aliphatic heterocycles. The summed E-state index contributed by atoms with van der Waals surface area (Å²) in [6.45, 7) is 2.26. The highest BCUT2D eigenvalue weighted by molar-refractivity contribution is 5.37. The zero-order valence-electron chi connectivity index (χ0n) is 11.6. The summed E-state index contributed by atoms with van der Waals surface area (Å²) in [4.78, 5) is 0. The molecule has 1 N–H and O–H groups in total. The van der Waals surface area contributed by atoms with Gasteiger partial charge in [0, 0.05) is 12.1 Å². The summed E-state index contributed by atoms with van der Waals surface area (Å²) < 4.78 is 0. The quantitative estimate of drug-likeness (QED) is 0.874. The number of rotatable bonds is 5. The van der Waals surface area contributed by atoms with Crippen molar-refractivity contribution in [1.29, 1.82) is 5.26 Å². The number of benzene rings is 1. The number of nitriles is 1. The predicted molar refractivity (Wildman–Crippen MR) is 76.7 cm³/mol. The molecular weight excluding hydrogens is 232 g/mol. The van der Waals surface area contributed by atoms with Crippen molar-refractivity contribution >= 4 is 0 Å². The van der Waals surface area contributed by atoms with Gasteiger partial charge in [-0.25, -0.2) is 0 Å². The lowest BCUT2D eigenvalue weighted by atomic mass is 9.62. The van der Waals surface area contributed by atoms with E-state index in [9.17, 15) is 5.26 Å². The number of hydrogen-bond donors (Lipinski definition) is 1. The van der Waals surface area contributed by atoms with Crippen LogP contribution in [0.1, 0.15) is 44.6 Å². The highest BCUT2D eigenvalue weighted by Gasteiger charge is 2.48. The molecule has 2 fully saturated rings. The molecule has 1 aromatic carbocycles. The zero-order valence-corrected chi connectivity index (χ0v) is 11.6. The van der Waals surface area contributed by atoms with Crippen LogP contribution in [0.2, 0.25) is 0 Å². The topological polar surface area (TPSA) is 35.8 Å². The first-order chi connectivity index (χ1) is 9.27. The summed E-state index contributed by atoms with van der Waals surface area (Å²) in [5.41, 5.74) is 0.963. The van der Waals surface area contributed by atoms with Gasteiger partial charge in [0.15, 0.2) is 0 Å². The van der Waals surface area contributed by atoms with Gasteiger partial charge in [-0.3, -0.25) is 0 Å². The smallest absolute Gasteiger partial charge is 0.0852 e. The SMILES string of the molecule is CCCC1CC1NC1CC(C#N)(c2ccccc2)C1. The molecular formula is C17H22N2. The van der Waals surface area contributed by atoms with Crippen molar-refractivity contribution in [1.82, 2.24) is 5.32 Å². The maximum absolute atomic E-state index is 9.52. The van der Waals surface area contributed by atoms with Gasteiger partial charge in [-0.2, -0.15) is 5.26 Å². The van der Waals surface area contributed by atoms with E-state index in [1.54, 1.807) is 0 Å². The summed E-state index contributed by atoms with van der Waals surface area (Å²) in [6, 6.07) is 14.1. The van der Waals surface area contributed by atoms with E-state index >= 15 is 0 Å². The van der Waals surface area contributed by atoms with Crippen LogP contribution < -0.4 is 5.32 Å². The molecule has 0 saturated heterocycles. The van der Waals surface area contributed by atoms with Gasteiger partial charge < -0.3 is 5.32 Å². The van der Waals surface area contributed by atoms with Crippen molar-refractivity contribution in [2.45, 2.75) is 56.5 Å². The number of nitrogens with zero attached hydrogens (tertiary/aromatic N) is 1. The second-order valence-electron chi connectivity index (χ2n) is 6.22. The molecule has 0 radical (unpaired) electrons. The minimum atomic E-state index is -0.228. The molecule has 1 aromatic rings. The van der Waals surface area contributed by atoms with E-state index < -0.39 is 0 Å². The molecule has 100 valence electrons. The van der Waals surface area contributed by atoms with Crippen LogP contribution in [-0.2, 0) is 5.41 Å². The van der Waals surface area contributed by atoms with E-state index in [0.717, 1.165) is 24.8 Å². The summed E-state index contributed by atoms with van der Waals surface area (Å²) in [7, 11) is 0. The molecule has 19 heavy (non-hydrogen) atoms. The normalized spacial score (nSPS) is 36.3. The van der Waals surface area contributed by atoms with Crippen molar-refractivity contribution in [3.63, 3.8) is 0 Å². The van der Waals surface area contributed by atoms with E-state index in [4.69, 9.17) is 0 Å². The van der Waals surface area contributed by atoms with Gasteiger partial charge in [-0.05, 0) is 37.2 Å². The molecule has 0 aromatic heterocycles. The Labute approximate surface area is 115 Å². The van der Waals surface area contributed by atoms with Crippen LogP contribution in [0.25, 0.3) is 0 Å². The molecule has 2 unspecified atom stereocenters. The molecule has 3 rings (SSSR count). The first-order valence-electron chi connectivity index (χ1n) is 7.50. The fourth-order valence-corrected chi connectivity index (χ4v) is 3.49. The summed E-state index contributed by atoms with van der Waals surface area (Å²) in [5.74, 6) is 0.902. The molecule has 2 aliphatic carbocycles. The third-order valence-corrected chi connectivity index (χ3v) is 4.76. The standard InChI is InChI=1S/C17H22N2/c1-2-6-13-9-16(13)19-15-10-17(11-15,12-18)14-7-4-3-5-8-14/h3-5,7-8,13,15-16,19H,2,6,9-11H2,1H3. The Kier molecular flexibility index (Phi) is 3.33. The average molecular weight is 254 g/mol. The van der Waals surface area contributed by atoms with E-state index in [1.807, 2.05) is 18.2 Å².